The standard InChI is InChI=1S/C13H26BrNO/c1-3-4-5-6-7-10-13(16)15-11-8-9-12(2)14/h12H,3-11H2,1-2H3,(H,15,16). The van der Waals surface area contributed by atoms with Crippen LogP contribution in [0.2, 0.25) is 0 Å². The van der Waals surface area contributed by atoms with Gasteiger partial charge in [-0.1, -0.05) is 55.5 Å². The van der Waals surface area contributed by atoms with Crippen LogP contribution >= 0.6 is 15.9 Å². The van der Waals surface area contributed by atoms with Crippen molar-refractivity contribution in [1.29, 1.82) is 0 Å². The lowest BCUT2D eigenvalue weighted by atomic mass is 10.1. The molecule has 0 radical (unpaired) electrons. The lowest BCUT2D eigenvalue weighted by molar-refractivity contribution is -0.121. The molecule has 1 N–H and O–H groups in total. The second-order valence-corrected chi connectivity index (χ2v) is 6.00. The molecule has 0 aliphatic carbocycles. The largest absolute Gasteiger partial charge is 0.356 e. The summed E-state index contributed by atoms with van der Waals surface area (Å²) in [6, 6.07) is 0. The maximum Gasteiger partial charge on any atom is 0.219 e. The van der Waals surface area contributed by atoms with Crippen LogP contribution in [-0.2, 0) is 4.79 Å². The zero-order chi connectivity index (χ0) is 12.2. The van der Waals surface area contributed by atoms with Crippen LogP contribution in [0.25, 0.3) is 0 Å². The average Bonchev–Trinajstić information content (AvgIpc) is 2.24. The van der Waals surface area contributed by atoms with Crippen LogP contribution in [0.5, 0.6) is 0 Å². The highest BCUT2D eigenvalue weighted by Gasteiger charge is 2.01. The highest BCUT2D eigenvalue weighted by molar-refractivity contribution is 9.09. The third kappa shape index (κ3) is 12.0. The topological polar surface area (TPSA) is 29.1 Å². The molecule has 0 aromatic rings. The Kier molecular flexibility index (Phi) is 11.4. The van der Waals surface area contributed by atoms with Crippen LogP contribution in [0.4, 0.5) is 0 Å². The second-order valence-electron chi connectivity index (χ2n) is 4.44. The van der Waals surface area contributed by atoms with Gasteiger partial charge in [0.15, 0.2) is 0 Å². The minimum atomic E-state index is 0.221. The number of nitrogens with one attached hydrogen (secondary N) is 1. The Morgan fingerprint density at radius 2 is 1.88 bits per heavy atom. The van der Waals surface area contributed by atoms with Crippen molar-refractivity contribution >= 4 is 21.8 Å². The molecule has 0 saturated carbocycles. The summed E-state index contributed by atoms with van der Waals surface area (Å²) in [5.41, 5.74) is 0. The summed E-state index contributed by atoms with van der Waals surface area (Å²) in [6.07, 6.45) is 8.95. The quantitative estimate of drug-likeness (QED) is 0.478. The van der Waals surface area contributed by atoms with Crippen LogP contribution in [0.15, 0.2) is 0 Å². The molecule has 16 heavy (non-hydrogen) atoms. The number of carbonyl (C=O) groups excluding carboxylic acids is 1. The van der Waals surface area contributed by atoms with Gasteiger partial charge < -0.3 is 5.32 Å². The van der Waals surface area contributed by atoms with E-state index in [1.54, 1.807) is 0 Å². The lowest BCUT2D eigenvalue weighted by Crippen LogP contribution is -2.24. The number of rotatable bonds is 10. The summed E-state index contributed by atoms with van der Waals surface area (Å²) in [6.45, 7) is 5.16. The molecule has 1 atom stereocenters. The van der Waals surface area contributed by atoms with Crippen molar-refractivity contribution in [2.45, 2.75) is 70.0 Å². The van der Waals surface area contributed by atoms with Gasteiger partial charge in [0.2, 0.25) is 5.91 Å². The van der Waals surface area contributed by atoms with Crippen molar-refractivity contribution in [1.82, 2.24) is 5.32 Å². The number of alkyl halides is 1. The van der Waals surface area contributed by atoms with Crippen molar-refractivity contribution in [2.75, 3.05) is 6.54 Å². The predicted molar refractivity (Wildman–Crippen MR) is 74.0 cm³/mol. The van der Waals surface area contributed by atoms with Crippen molar-refractivity contribution in [3.05, 3.63) is 0 Å². The van der Waals surface area contributed by atoms with Gasteiger partial charge in [-0.3, -0.25) is 4.79 Å². The van der Waals surface area contributed by atoms with E-state index in [4.69, 9.17) is 0 Å². The second kappa shape index (κ2) is 11.4. The molecule has 2 nitrogen and oxygen atoms in total. The molecule has 0 rings (SSSR count). The molecular weight excluding hydrogens is 266 g/mol. The van der Waals surface area contributed by atoms with E-state index in [1.807, 2.05) is 0 Å². The molecule has 0 aromatic carbocycles. The summed E-state index contributed by atoms with van der Waals surface area (Å²) in [5, 5.41) is 2.97. The number of halogens is 1. The summed E-state index contributed by atoms with van der Waals surface area (Å²) < 4.78 is 0. The molecule has 3 heteroatoms. The molecule has 0 heterocycles. The van der Waals surface area contributed by atoms with Gasteiger partial charge in [0.05, 0.1) is 0 Å². The van der Waals surface area contributed by atoms with E-state index in [1.165, 1.54) is 25.7 Å². The highest BCUT2D eigenvalue weighted by Crippen LogP contribution is 2.06. The number of hydrogen-bond donors (Lipinski definition) is 1. The lowest BCUT2D eigenvalue weighted by Gasteiger charge is -2.06. The summed E-state index contributed by atoms with van der Waals surface area (Å²) in [5.74, 6) is 0.221. The van der Waals surface area contributed by atoms with E-state index in [2.05, 4.69) is 35.1 Å². The Hall–Kier alpha value is -0.0500. The van der Waals surface area contributed by atoms with Gasteiger partial charge >= 0.3 is 0 Å². The number of amides is 1. The van der Waals surface area contributed by atoms with Gasteiger partial charge in [0.1, 0.15) is 0 Å². The Morgan fingerprint density at radius 3 is 2.50 bits per heavy atom. The van der Waals surface area contributed by atoms with Gasteiger partial charge in [-0.2, -0.15) is 0 Å². The van der Waals surface area contributed by atoms with Crippen molar-refractivity contribution < 1.29 is 4.79 Å². The van der Waals surface area contributed by atoms with Crippen LogP contribution in [0, 0.1) is 0 Å². The molecule has 0 aliphatic rings. The SMILES string of the molecule is CCCCCCCC(=O)NCCCC(C)Br. The van der Waals surface area contributed by atoms with E-state index in [9.17, 15) is 4.79 Å². The Morgan fingerprint density at radius 1 is 1.19 bits per heavy atom. The molecule has 0 spiro atoms. The van der Waals surface area contributed by atoms with Crippen molar-refractivity contribution in [3.8, 4) is 0 Å². The molecular formula is C13H26BrNO. The minimum absolute atomic E-state index is 0.221. The van der Waals surface area contributed by atoms with Gasteiger partial charge in [-0.15, -0.1) is 0 Å². The molecule has 1 unspecified atom stereocenters. The van der Waals surface area contributed by atoms with E-state index >= 15 is 0 Å². The zero-order valence-electron chi connectivity index (χ0n) is 10.7. The summed E-state index contributed by atoms with van der Waals surface area (Å²) in [7, 11) is 0. The first kappa shape index (κ1) is 16.0. The molecule has 0 aliphatic heterocycles. The summed E-state index contributed by atoms with van der Waals surface area (Å²) in [4.78, 5) is 12.0. The average molecular weight is 292 g/mol. The van der Waals surface area contributed by atoms with E-state index in [0.29, 0.717) is 11.2 Å². The van der Waals surface area contributed by atoms with E-state index in [-0.39, 0.29) is 5.91 Å². The maximum absolute atomic E-state index is 11.4. The molecule has 0 saturated heterocycles. The number of hydrogen-bond acceptors (Lipinski definition) is 1. The smallest absolute Gasteiger partial charge is 0.219 e. The highest BCUT2D eigenvalue weighted by atomic mass is 79.9. The monoisotopic (exact) mass is 291 g/mol. The number of unbranched alkanes of at least 4 members (excludes halogenated alkanes) is 4. The first-order chi connectivity index (χ1) is 7.66. The maximum atomic E-state index is 11.4. The fourth-order valence-corrected chi connectivity index (χ4v) is 1.91. The number of carbonyl (C=O) groups is 1. The molecule has 1 amide bonds. The van der Waals surface area contributed by atoms with Crippen LogP contribution in [0.3, 0.4) is 0 Å². The minimum Gasteiger partial charge on any atom is -0.356 e. The molecule has 0 fully saturated rings. The molecule has 0 aromatic heterocycles. The predicted octanol–water partition coefficient (Wildman–Crippen LogP) is 4.03. The Balaban J connectivity index is 3.18. The first-order valence-electron chi connectivity index (χ1n) is 6.57. The Bertz CT molecular complexity index is 171. The zero-order valence-corrected chi connectivity index (χ0v) is 12.3. The van der Waals surface area contributed by atoms with Crippen LogP contribution in [0.1, 0.15) is 65.2 Å². The van der Waals surface area contributed by atoms with Gasteiger partial charge in [0, 0.05) is 17.8 Å². The fraction of sp³-hybridized carbons (Fsp3) is 0.923. The molecule has 96 valence electrons. The van der Waals surface area contributed by atoms with Gasteiger partial charge in [-0.25, -0.2) is 0 Å². The van der Waals surface area contributed by atoms with Crippen LogP contribution in [-0.4, -0.2) is 17.3 Å². The third-order valence-corrected chi connectivity index (χ3v) is 3.07. The van der Waals surface area contributed by atoms with Crippen LogP contribution < -0.4 is 5.32 Å². The van der Waals surface area contributed by atoms with Gasteiger partial charge in [0.25, 0.3) is 0 Å². The van der Waals surface area contributed by atoms with Gasteiger partial charge in [-0.05, 0) is 19.3 Å². The van der Waals surface area contributed by atoms with E-state index in [0.717, 1.165) is 25.8 Å². The first-order valence-corrected chi connectivity index (χ1v) is 7.49. The molecule has 0 bridgehead atoms. The summed E-state index contributed by atoms with van der Waals surface area (Å²) >= 11 is 3.49. The van der Waals surface area contributed by atoms with Crippen molar-refractivity contribution in [2.24, 2.45) is 0 Å². The fourth-order valence-electron chi connectivity index (χ4n) is 1.59. The Labute approximate surface area is 109 Å². The van der Waals surface area contributed by atoms with E-state index < -0.39 is 0 Å². The van der Waals surface area contributed by atoms with Crippen molar-refractivity contribution in [3.63, 3.8) is 0 Å². The third-order valence-electron chi connectivity index (χ3n) is 2.61. The normalized spacial score (nSPS) is 12.4.